The highest BCUT2D eigenvalue weighted by Gasteiger charge is 2.48. The van der Waals surface area contributed by atoms with E-state index >= 15 is 0 Å². The number of aliphatic hydroxyl groups excluding tert-OH is 1. The number of nitrogens with zero attached hydrogens (tertiary/aromatic N) is 2. The standard InChI is InChI=1S/C29H23ClN2O5S/c1-3-36-20-8-9-21-23(14-20)38-29(31-21)32-25(16-5-4-6-19(30)13-16)24(27(34)28(32)35)26(33)17-7-10-22-18(12-17)11-15(2)37-22/h4-10,12-15,25,33H,3,11H2,1-2H3/t15-,25+/m1/s1. The van der Waals surface area contributed by atoms with Crippen LogP contribution >= 0.6 is 22.9 Å². The molecule has 3 aromatic carbocycles. The van der Waals surface area contributed by atoms with Gasteiger partial charge in [0.1, 0.15) is 23.4 Å². The molecule has 7 nitrogen and oxygen atoms in total. The van der Waals surface area contributed by atoms with Crippen LogP contribution in [0, 0.1) is 0 Å². The molecule has 1 aromatic heterocycles. The molecule has 0 spiro atoms. The first-order chi connectivity index (χ1) is 18.3. The Morgan fingerprint density at radius 3 is 2.82 bits per heavy atom. The van der Waals surface area contributed by atoms with Gasteiger partial charge in [-0.05, 0) is 73.5 Å². The number of thiazole rings is 1. The van der Waals surface area contributed by atoms with Crippen molar-refractivity contribution in [2.45, 2.75) is 32.4 Å². The van der Waals surface area contributed by atoms with Gasteiger partial charge >= 0.3 is 5.91 Å². The number of fused-ring (bicyclic) bond motifs is 2. The van der Waals surface area contributed by atoms with Gasteiger partial charge in [0.25, 0.3) is 5.78 Å². The van der Waals surface area contributed by atoms with E-state index in [1.54, 1.807) is 36.4 Å². The molecule has 1 amide bonds. The average molecular weight is 547 g/mol. The minimum atomic E-state index is -0.913. The van der Waals surface area contributed by atoms with Crippen molar-refractivity contribution in [3.63, 3.8) is 0 Å². The molecule has 2 aliphatic heterocycles. The van der Waals surface area contributed by atoms with Crippen molar-refractivity contribution < 1.29 is 24.2 Å². The van der Waals surface area contributed by atoms with Crippen LogP contribution in [-0.4, -0.2) is 34.5 Å². The predicted octanol–water partition coefficient (Wildman–Crippen LogP) is 6.30. The number of ketones is 1. The number of halogens is 1. The number of Topliss-reactive ketones (excluding diaryl/α,β-unsaturated/α-hetero) is 1. The van der Waals surface area contributed by atoms with E-state index in [0.717, 1.165) is 16.0 Å². The number of benzene rings is 3. The fourth-order valence-corrected chi connectivity index (χ4v) is 6.22. The molecule has 3 heterocycles. The average Bonchev–Trinajstić information content (AvgIpc) is 3.56. The largest absolute Gasteiger partial charge is 0.507 e. The van der Waals surface area contributed by atoms with E-state index in [0.29, 0.717) is 45.6 Å². The Balaban J connectivity index is 1.51. The zero-order chi connectivity index (χ0) is 26.6. The molecular weight excluding hydrogens is 524 g/mol. The summed E-state index contributed by atoms with van der Waals surface area (Å²) in [5, 5.41) is 12.3. The van der Waals surface area contributed by atoms with Gasteiger partial charge in [-0.3, -0.25) is 14.5 Å². The van der Waals surface area contributed by atoms with Crippen LogP contribution in [0.15, 0.2) is 66.2 Å². The van der Waals surface area contributed by atoms with Crippen LogP contribution in [0.25, 0.3) is 16.0 Å². The number of ether oxygens (including phenoxy) is 2. The number of aliphatic hydroxyl groups is 1. The second kappa shape index (κ2) is 9.45. The fraction of sp³-hybridized carbons (Fsp3) is 0.207. The van der Waals surface area contributed by atoms with Crippen molar-refractivity contribution >= 4 is 55.7 Å². The zero-order valence-corrected chi connectivity index (χ0v) is 22.2. The van der Waals surface area contributed by atoms with Gasteiger partial charge in [-0.2, -0.15) is 0 Å². The molecule has 1 N–H and O–H groups in total. The summed E-state index contributed by atoms with van der Waals surface area (Å²) in [6.45, 7) is 4.40. The minimum Gasteiger partial charge on any atom is -0.507 e. The lowest BCUT2D eigenvalue weighted by molar-refractivity contribution is -0.132. The number of hydrogen-bond acceptors (Lipinski definition) is 7. The highest BCUT2D eigenvalue weighted by molar-refractivity contribution is 7.22. The molecule has 1 fully saturated rings. The molecule has 0 unspecified atom stereocenters. The van der Waals surface area contributed by atoms with Gasteiger partial charge in [-0.25, -0.2) is 4.98 Å². The van der Waals surface area contributed by atoms with E-state index in [4.69, 9.17) is 21.1 Å². The smallest absolute Gasteiger partial charge is 0.301 e. The minimum absolute atomic E-state index is 0.0153. The van der Waals surface area contributed by atoms with Crippen molar-refractivity contribution in [2.75, 3.05) is 11.5 Å². The molecule has 192 valence electrons. The number of carbonyl (C=O) groups excluding carboxylic acids is 2. The van der Waals surface area contributed by atoms with E-state index < -0.39 is 17.7 Å². The van der Waals surface area contributed by atoms with E-state index in [9.17, 15) is 14.7 Å². The summed E-state index contributed by atoms with van der Waals surface area (Å²) in [4.78, 5) is 33.0. The van der Waals surface area contributed by atoms with E-state index in [2.05, 4.69) is 4.98 Å². The molecule has 0 bridgehead atoms. The summed E-state index contributed by atoms with van der Waals surface area (Å²) >= 11 is 7.59. The first kappa shape index (κ1) is 24.5. The summed E-state index contributed by atoms with van der Waals surface area (Å²) < 4.78 is 12.2. The van der Waals surface area contributed by atoms with Crippen LogP contribution in [0.3, 0.4) is 0 Å². The Morgan fingerprint density at radius 1 is 1.18 bits per heavy atom. The maximum atomic E-state index is 13.5. The topological polar surface area (TPSA) is 89.0 Å². The quantitative estimate of drug-likeness (QED) is 0.179. The first-order valence-corrected chi connectivity index (χ1v) is 13.4. The Bertz CT molecular complexity index is 1650. The third kappa shape index (κ3) is 4.10. The van der Waals surface area contributed by atoms with E-state index in [1.165, 1.54) is 16.2 Å². The Hall–Kier alpha value is -3.88. The zero-order valence-electron chi connectivity index (χ0n) is 20.6. The third-order valence-corrected chi connectivity index (χ3v) is 7.90. The Labute approximate surface area is 227 Å². The summed E-state index contributed by atoms with van der Waals surface area (Å²) in [7, 11) is 0. The first-order valence-electron chi connectivity index (χ1n) is 12.2. The highest BCUT2D eigenvalue weighted by Crippen LogP contribution is 2.45. The van der Waals surface area contributed by atoms with Crippen LogP contribution < -0.4 is 14.4 Å². The van der Waals surface area contributed by atoms with Crippen LogP contribution in [0.2, 0.25) is 5.02 Å². The summed E-state index contributed by atoms with van der Waals surface area (Å²) in [5.41, 5.74) is 2.63. The molecule has 0 aliphatic carbocycles. The van der Waals surface area contributed by atoms with Gasteiger partial charge in [0.15, 0.2) is 5.13 Å². The van der Waals surface area contributed by atoms with Gasteiger partial charge in [0, 0.05) is 17.0 Å². The summed E-state index contributed by atoms with van der Waals surface area (Å²) in [6.07, 6.45) is 0.722. The monoisotopic (exact) mass is 546 g/mol. The van der Waals surface area contributed by atoms with Gasteiger partial charge in [0.05, 0.1) is 28.4 Å². The van der Waals surface area contributed by atoms with Crippen molar-refractivity contribution in [2.24, 2.45) is 0 Å². The number of carbonyl (C=O) groups is 2. The number of anilines is 1. The SMILES string of the molecule is CCOc1ccc2nc(N3C(=O)C(=O)C(=C(O)c4ccc5c(c4)C[C@@H](C)O5)[C@@H]3c3cccc(Cl)c3)sc2c1. The fourth-order valence-electron chi connectivity index (χ4n) is 5.00. The molecule has 0 saturated carbocycles. The highest BCUT2D eigenvalue weighted by atomic mass is 35.5. The van der Waals surface area contributed by atoms with Gasteiger partial charge in [-0.1, -0.05) is 35.1 Å². The lowest BCUT2D eigenvalue weighted by Gasteiger charge is -2.23. The predicted molar refractivity (Wildman–Crippen MR) is 147 cm³/mol. The third-order valence-electron chi connectivity index (χ3n) is 6.64. The van der Waals surface area contributed by atoms with E-state index in [-0.39, 0.29) is 17.4 Å². The summed E-state index contributed by atoms with van der Waals surface area (Å²) in [5.74, 6) is -0.358. The maximum Gasteiger partial charge on any atom is 0.301 e. The van der Waals surface area contributed by atoms with Gasteiger partial charge in [-0.15, -0.1) is 0 Å². The molecule has 1 saturated heterocycles. The van der Waals surface area contributed by atoms with Gasteiger partial charge < -0.3 is 14.6 Å². The van der Waals surface area contributed by atoms with E-state index in [1.807, 2.05) is 38.1 Å². The second-order valence-corrected chi connectivity index (χ2v) is 10.7. The Kier molecular flexibility index (Phi) is 6.08. The molecule has 2 atom stereocenters. The Morgan fingerprint density at radius 2 is 2.03 bits per heavy atom. The number of aromatic nitrogens is 1. The maximum absolute atomic E-state index is 13.5. The van der Waals surface area contributed by atoms with Gasteiger partial charge in [0.2, 0.25) is 0 Å². The molecule has 9 heteroatoms. The van der Waals surface area contributed by atoms with Crippen molar-refractivity contribution in [1.29, 1.82) is 0 Å². The van der Waals surface area contributed by atoms with Crippen molar-refractivity contribution in [1.82, 2.24) is 4.98 Å². The number of hydrogen-bond donors (Lipinski definition) is 1. The van der Waals surface area contributed by atoms with Crippen LogP contribution in [0.1, 0.15) is 36.6 Å². The normalized spacial score (nSPS) is 20.1. The van der Waals surface area contributed by atoms with Crippen LogP contribution in [0.4, 0.5) is 5.13 Å². The lowest BCUT2D eigenvalue weighted by Crippen LogP contribution is -2.29. The summed E-state index contributed by atoms with van der Waals surface area (Å²) in [6, 6.07) is 16.8. The lowest BCUT2D eigenvalue weighted by atomic mass is 9.94. The molecule has 0 radical (unpaired) electrons. The van der Waals surface area contributed by atoms with Crippen LogP contribution in [0.5, 0.6) is 11.5 Å². The molecule has 38 heavy (non-hydrogen) atoms. The van der Waals surface area contributed by atoms with Crippen LogP contribution in [-0.2, 0) is 16.0 Å². The molecular formula is C29H23ClN2O5S. The number of amides is 1. The number of rotatable bonds is 5. The molecule has 2 aliphatic rings. The second-order valence-electron chi connectivity index (χ2n) is 9.24. The molecule has 4 aromatic rings. The molecule has 6 rings (SSSR count). The van der Waals surface area contributed by atoms with Crippen molar-refractivity contribution in [3.05, 3.63) is 87.9 Å². The van der Waals surface area contributed by atoms with Crippen molar-refractivity contribution in [3.8, 4) is 11.5 Å².